The second-order valence-electron chi connectivity index (χ2n) is 11.8. The van der Waals surface area contributed by atoms with Crippen LogP contribution < -0.4 is 21.3 Å². The Bertz CT molecular complexity index is 1230. The van der Waals surface area contributed by atoms with Crippen LogP contribution in [-0.2, 0) is 44.9 Å². The number of carbonyl (C=O) groups is 7. The topological polar surface area (TPSA) is 180 Å². The van der Waals surface area contributed by atoms with Gasteiger partial charge in [-0.3, -0.25) is 38.5 Å². The van der Waals surface area contributed by atoms with Gasteiger partial charge in [0.2, 0.25) is 23.6 Å². The van der Waals surface area contributed by atoms with Crippen molar-refractivity contribution in [1.29, 1.82) is 0 Å². The van der Waals surface area contributed by atoms with E-state index in [4.69, 9.17) is 4.74 Å². The molecular weight excluding hydrogens is 570 g/mol. The monoisotopic (exact) mass is 613 g/mol. The van der Waals surface area contributed by atoms with Crippen LogP contribution >= 0.6 is 0 Å². The summed E-state index contributed by atoms with van der Waals surface area (Å²) < 4.78 is 5.28. The first-order valence-corrected chi connectivity index (χ1v) is 14.6. The summed E-state index contributed by atoms with van der Waals surface area (Å²) in [5.74, 6) is -3.25. The third-order valence-corrected chi connectivity index (χ3v) is 6.51. The fraction of sp³-hybridized carbons (Fsp3) is 0.516. The Labute approximate surface area is 257 Å². The van der Waals surface area contributed by atoms with E-state index in [0.717, 1.165) is 22.6 Å². The molecule has 13 heteroatoms. The highest BCUT2D eigenvalue weighted by Crippen LogP contribution is 2.17. The van der Waals surface area contributed by atoms with Gasteiger partial charge in [0.25, 0.3) is 11.8 Å². The third kappa shape index (κ3) is 12.4. The van der Waals surface area contributed by atoms with Crippen molar-refractivity contribution in [3.8, 4) is 0 Å². The molecular formula is C31H43N5O8. The third-order valence-electron chi connectivity index (χ3n) is 6.51. The lowest BCUT2D eigenvalue weighted by Crippen LogP contribution is -2.51. The molecule has 0 spiro atoms. The average Bonchev–Trinajstić information content (AvgIpc) is 3.27. The predicted molar refractivity (Wildman–Crippen MR) is 161 cm³/mol. The quantitative estimate of drug-likeness (QED) is 0.123. The first-order chi connectivity index (χ1) is 20.7. The second kappa shape index (κ2) is 16.9. The van der Waals surface area contributed by atoms with E-state index in [1.807, 2.05) is 0 Å². The van der Waals surface area contributed by atoms with Gasteiger partial charge in [-0.05, 0) is 57.2 Å². The van der Waals surface area contributed by atoms with Gasteiger partial charge in [0, 0.05) is 30.8 Å². The van der Waals surface area contributed by atoms with Crippen LogP contribution in [0.4, 0.5) is 5.69 Å². The lowest BCUT2D eigenvalue weighted by atomic mass is 9.97. The summed E-state index contributed by atoms with van der Waals surface area (Å²) in [5.41, 5.74) is 0.677. The van der Waals surface area contributed by atoms with Crippen LogP contribution in [0.25, 0.3) is 0 Å². The zero-order chi connectivity index (χ0) is 32.9. The molecule has 4 N–H and O–H groups in total. The number of anilines is 1. The van der Waals surface area contributed by atoms with Crippen molar-refractivity contribution in [2.75, 3.05) is 25.0 Å². The van der Waals surface area contributed by atoms with Gasteiger partial charge in [0.15, 0.2) is 0 Å². The summed E-state index contributed by atoms with van der Waals surface area (Å²) in [6.45, 7) is 8.71. The van der Waals surface area contributed by atoms with Crippen molar-refractivity contribution >= 4 is 47.1 Å². The van der Waals surface area contributed by atoms with E-state index in [0.29, 0.717) is 31.5 Å². The van der Waals surface area contributed by atoms with Crippen LogP contribution in [0.15, 0.2) is 36.4 Å². The maximum Gasteiger partial charge on any atom is 0.311 e. The Morgan fingerprint density at radius 2 is 1.48 bits per heavy atom. The fourth-order valence-electron chi connectivity index (χ4n) is 3.91. The number of imide groups is 1. The molecule has 1 atom stereocenters. The van der Waals surface area contributed by atoms with Gasteiger partial charge in [-0.2, -0.15) is 0 Å². The average molecular weight is 614 g/mol. The summed E-state index contributed by atoms with van der Waals surface area (Å²) in [6.07, 6.45) is 4.17. The van der Waals surface area contributed by atoms with Gasteiger partial charge in [0.05, 0.1) is 12.0 Å². The largest absolute Gasteiger partial charge is 0.460 e. The molecule has 0 aromatic heterocycles. The summed E-state index contributed by atoms with van der Waals surface area (Å²) >= 11 is 0. The van der Waals surface area contributed by atoms with Crippen molar-refractivity contribution < 1.29 is 38.3 Å². The van der Waals surface area contributed by atoms with Crippen molar-refractivity contribution in [2.45, 2.75) is 73.0 Å². The van der Waals surface area contributed by atoms with Crippen LogP contribution in [-0.4, -0.2) is 72.0 Å². The van der Waals surface area contributed by atoms with Gasteiger partial charge in [0.1, 0.15) is 19.2 Å². The number of hydrogen-bond donors (Lipinski definition) is 4. The number of amides is 6. The van der Waals surface area contributed by atoms with Crippen molar-refractivity contribution in [1.82, 2.24) is 20.9 Å². The van der Waals surface area contributed by atoms with Crippen molar-refractivity contribution in [3.63, 3.8) is 0 Å². The molecule has 44 heavy (non-hydrogen) atoms. The molecule has 0 radical (unpaired) electrons. The molecule has 0 fully saturated rings. The van der Waals surface area contributed by atoms with Gasteiger partial charge >= 0.3 is 5.97 Å². The van der Waals surface area contributed by atoms with Gasteiger partial charge in [-0.1, -0.05) is 32.4 Å². The van der Waals surface area contributed by atoms with E-state index in [9.17, 15) is 33.6 Å². The number of carbonyl (C=O) groups excluding carboxylic acids is 7. The van der Waals surface area contributed by atoms with Crippen LogP contribution in [0.1, 0.15) is 65.9 Å². The minimum Gasteiger partial charge on any atom is -0.460 e. The molecule has 240 valence electrons. The van der Waals surface area contributed by atoms with Gasteiger partial charge in [-0.25, -0.2) is 0 Å². The smallest absolute Gasteiger partial charge is 0.311 e. The minimum atomic E-state index is -0.824. The number of nitrogens with one attached hydrogen (secondary N) is 4. The number of ether oxygens (including phenoxy) is 1. The number of rotatable bonds is 16. The van der Waals surface area contributed by atoms with Crippen molar-refractivity contribution in [3.05, 3.63) is 42.0 Å². The molecule has 0 saturated heterocycles. The standard InChI is InChI=1S/C31H43N5O8/c1-20(2)28(35-23(37)9-7-6-8-16-32-25(39)18-36-26(40)14-15-27(36)41)29(42)33-17-24(38)34-22-12-10-21(11-13-22)19-44-30(43)31(3,4)5/h10-15,20,28H,6-9,16-19H2,1-5H3,(H,32,39)(H,33,42)(H,34,38)(H,35,37). The fourth-order valence-corrected chi connectivity index (χ4v) is 3.91. The molecule has 2 rings (SSSR count). The number of nitrogens with zero attached hydrogens (tertiary/aromatic N) is 1. The van der Waals surface area contributed by atoms with Crippen LogP contribution in [0.3, 0.4) is 0 Å². The number of hydrogen-bond acceptors (Lipinski definition) is 8. The van der Waals surface area contributed by atoms with E-state index in [2.05, 4.69) is 21.3 Å². The highest BCUT2D eigenvalue weighted by molar-refractivity contribution is 6.14. The summed E-state index contributed by atoms with van der Waals surface area (Å²) in [7, 11) is 0. The van der Waals surface area contributed by atoms with Crippen molar-refractivity contribution in [2.24, 2.45) is 11.3 Å². The Balaban J connectivity index is 1.65. The van der Waals surface area contributed by atoms with E-state index in [1.54, 1.807) is 58.9 Å². The zero-order valence-corrected chi connectivity index (χ0v) is 26.0. The SMILES string of the molecule is CC(C)C(NC(=O)CCCCCNC(=O)CN1C(=O)C=CC1=O)C(=O)NCC(=O)Nc1ccc(COC(=O)C(C)(C)C)cc1. The molecule has 1 aliphatic rings. The van der Waals surface area contributed by atoms with E-state index in [-0.39, 0.29) is 43.9 Å². The summed E-state index contributed by atoms with van der Waals surface area (Å²) in [4.78, 5) is 85.3. The first-order valence-electron chi connectivity index (χ1n) is 14.6. The zero-order valence-electron chi connectivity index (χ0n) is 26.0. The van der Waals surface area contributed by atoms with Gasteiger partial charge in [-0.15, -0.1) is 0 Å². The molecule has 1 unspecified atom stereocenters. The number of unbranched alkanes of at least 4 members (excludes halogenated alkanes) is 2. The maximum absolute atomic E-state index is 12.7. The Morgan fingerprint density at radius 1 is 0.841 bits per heavy atom. The molecule has 1 aliphatic heterocycles. The Kier molecular flexibility index (Phi) is 13.7. The second-order valence-corrected chi connectivity index (χ2v) is 11.8. The molecule has 0 saturated carbocycles. The van der Waals surface area contributed by atoms with Crippen LogP contribution in [0.5, 0.6) is 0 Å². The molecule has 0 bridgehead atoms. The molecule has 13 nitrogen and oxygen atoms in total. The lowest BCUT2D eigenvalue weighted by Gasteiger charge is -2.21. The minimum absolute atomic E-state index is 0.117. The normalized spacial score (nSPS) is 13.5. The highest BCUT2D eigenvalue weighted by atomic mass is 16.5. The van der Waals surface area contributed by atoms with E-state index >= 15 is 0 Å². The molecule has 0 aliphatic carbocycles. The summed E-state index contributed by atoms with van der Waals surface area (Å²) in [5, 5.41) is 10.6. The number of esters is 1. The number of benzene rings is 1. The van der Waals surface area contributed by atoms with Crippen LogP contribution in [0.2, 0.25) is 0 Å². The molecule has 6 amide bonds. The lowest BCUT2D eigenvalue weighted by molar-refractivity contribution is -0.154. The maximum atomic E-state index is 12.7. The Hall–Kier alpha value is -4.55. The van der Waals surface area contributed by atoms with E-state index in [1.165, 1.54) is 0 Å². The molecule has 1 aromatic carbocycles. The summed E-state index contributed by atoms with van der Waals surface area (Å²) in [6, 6.07) is 5.97. The first kappa shape index (κ1) is 35.6. The Morgan fingerprint density at radius 3 is 2.07 bits per heavy atom. The van der Waals surface area contributed by atoms with E-state index < -0.39 is 41.0 Å². The predicted octanol–water partition coefficient (Wildman–Crippen LogP) is 1.57. The molecule has 1 heterocycles. The molecule has 1 aromatic rings. The highest BCUT2D eigenvalue weighted by Gasteiger charge is 2.26. The van der Waals surface area contributed by atoms with Crippen LogP contribution in [0, 0.1) is 11.3 Å². The van der Waals surface area contributed by atoms with Gasteiger partial charge < -0.3 is 26.0 Å².